The Morgan fingerprint density at radius 1 is 1.26 bits per heavy atom. The van der Waals surface area contributed by atoms with Gasteiger partial charge in [0.25, 0.3) is 5.56 Å². The lowest BCUT2D eigenvalue weighted by Crippen LogP contribution is -2.22. The van der Waals surface area contributed by atoms with Crippen molar-refractivity contribution in [1.82, 2.24) is 9.66 Å². The summed E-state index contributed by atoms with van der Waals surface area (Å²) in [5.74, 6) is 1.27. The average molecular weight is 570 g/mol. The Balaban J connectivity index is 2.14. The zero-order chi connectivity index (χ0) is 22.5. The standard InChI is InChI=1S/C23H24Br2ClN3O2/c1-4-6-7-21-28-20-9-8-16(24)11-18(20)23(30)29(21)27-13-15-10-17(26)12-19(25)22(15)31-14(3)5-2/h8-14H,4-7H2,1-3H3/t14-/m1/s1. The van der Waals surface area contributed by atoms with Crippen molar-refractivity contribution in [2.24, 2.45) is 5.10 Å². The average Bonchev–Trinajstić information content (AvgIpc) is 2.74. The summed E-state index contributed by atoms with van der Waals surface area (Å²) in [4.78, 5) is 18.0. The van der Waals surface area contributed by atoms with Crippen LogP contribution in [0.5, 0.6) is 5.75 Å². The highest BCUT2D eigenvalue weighted by molar-refractivity contribution is 9.10. The maximum Gasteiger partial charge on any atom is 0.282 e. The van der Waals surface area contributed by atoms with Gasteiger partial charge in [0.1, 0.15) is 11.6 Å². The van der Waals surface area contributed by atoms with E-state index in [-0.39, 0.29) is 11.7 Å². The van der Waals surface area contributed by atoms with Gasteiger partial charge in [0.2, 0.25) is 0 Å². The third-order valence-corrected chi connectivity index (χ3v) is 6.17. The highest BCUT2D eigenvalue weighted by atomic mass is 79.9. The Labute approximate surface area is 203 Å². The van der Waals surface area contributed by atoms with Gasteiger partial charge in [0.15, 0.2) is 0 Å². The van der Waals surface area contributed by atoms with Crippen LogP contribution in [0, 0.1) is 0 Å². The van der Waals surface area contributed by atoms with Crippen LogP contribution in [0.3, 0.4) is 0 Å². The lowest BCUT2D eigenvalue weighted by atomic mass is 10.2. The van der Waals surface area contributed by atoms with Crippen LogP contribution in [0.2, 0.25) is 5.02 Å². The van der Waals surface area contributed by atoms with E-state index in [1.165, 1.54) is 4.68 Å². The number of aromatic nitrogens is 2. The van der Waals surface area contributed by atoms with Gasteiger partial charge >= 0.3 is 0 Å². The molecule has 8 heteroatoms. The van der Waals surface area contributed by atoms with Crippen molar-refractivity contribution >= 4 is 60.6 Å². The number of unbranched alkanes of at least 4 members (excludes halogenated alkanes) is 1. The van der Waals surface area contributed by atoms with Gasteiger partial charge in [0, 0.05) is 21.5 Å². The lowest BCUT2D eigenvalue weighted by Gasteiger charge is -2.16. The maximum absolute atomic E-state index is 13.3. The van der Waals surface area contributed by atoms with Crippen LogP contribution < -0.4 is 10.3 Å². The second-order valence-electron chi connectivity index (χ2n) is 7.30. The predicted octanol–water partition coefficient (Wildman–Crippen LogP) is 6.98. The first-order valence-electron chi connectivity index (χ1n) is 10.2. The number of ether oxygens (including phenoxy) is 1. The Kier molecular flexibility index (Phi) is 8.30. The summed E-state index contributed by atoms with van der Waals surface area (Å²) in [6.45, 7) is 6.16. The van der Waals surface area contributed by atoms with Crippen molar-refractivity contribution in [2.45, 2.75) is 52.6 Å². The Bertz CT molecular complexity index is 1180. The van der Waals surface area contributed by atoms with Crippen molar-refractivity contribution in [3.05, 3.63) is 66.0 Å². The molecule has 0 saturated heterocycles. The molecule has 0 fully saturated rings. The first kappa shape index (κ1) is 24.0. The van der Waals surface area contributed by atoms with Crippen molar-refractivity contribution in [2.75, 3.05) is 0 Å². The first-order valence-corrected chi connectivity index (χ1v) is 12.2. The number of benzene rings is 2. The maximum atomic E-state index is 13.3. The number of fused-ring (bicyclic) bond motifs is 1. The van der Waals surface area contributed by atoms with Crippen LogP contribution in [-0.2, 0) is 6.42 Å². The number of rotatable bonds is 8. The third-order valence-electron chi connectivity index (χ3n) is 4.87. The molecule has 164 valence electrons. The largest absolute Gasteiger partial charge is 0.489 e. The van der Waals surface area contributed by atoms with E-state index in [0.717, 1.165) is 28.2 Å². The summed E-state index contributed by atoms with van der Waals surface area (Å²) in [5.41, 5.74) is 1.14. The number of aryl methyl sites for hydroxylation is 1. The molecule has 31 heavy (non-hydrogen) atoms. The Morgan fingerprint density at radius 3 is 2.74 bits per heavy atom. The van der Waals surface area contributed by atoms with Crippen LogP contribution in [0.1, 0.15) is 51.4 Å². The molecular formula is C23H24Br2ClN3O2. The van der Waals surface area contributed by atoms with Gasteiger partial charge in [-0.15, -0.1) is 0 Å². The topological polar surface area (TPSA) is 56.5 Å². The summed E-state index contributed by atoms with van der Waals surface area (Å²) >= 11 is 13.2. The Hall–Kier alpha value is -1.70. The summed E-state index contributed by atoms with van der Waals surface area (Å²) < 4.78 is 9.01. The molecule has 0 saturated carbocycles. The highest BCUT2D eigenvalue weighted by Crippen LogP contribution is 2.33. The fourth-order valence-corrected chi connectivity index (χ4v) is 4.30. The second kappa shape index (κ2) is 10.7. The lowest BCUT2D eigenvalue weighted by molar-refractivity contribution is 0.215. The van der Waals surface area contributed by atoms with Gasteiger partial charge in [-0.2, -0.15) is 9.78 Å². The van der Waals surface area contributed by atoms with Crippen molar-refractivity contribution in [1.29, 1.82) is 0 Å². The predicted molar refractivity (Wildman–Crippen MR) is 135 cm³/mol. The zero-order valence-corrected chi connectivity index (χ0v) is 21.6. The second-order valence-corrected chi connectivity index (χ2v) is 9.50. The van der Waals surface area contributed by atoms with E-state index < -0.39 is 0 Å². The number of nitrogens with zero attached hydrogens (tertiary/aromatic N) is 3. The molecule has 0 unspecified atom stereocenters. The summed E-state index contributed by atoms with van der Waals surface area (Å²) in [5, 5.41) is 5.58. The molecule has 0 bridgehead atoms. The number of halogens is 3. The van der Waals surface area contributed by atoms with Crippen LogP contribution in [0.15, 0.2) is 49.2 Å². The van der Waals surface area contributed by atoms with Gasteiger partial charge in [0.05, 0.1) is 27.7 Å². The van der Waals surface area contributed by atoms with Crippen molar-refractivity contribution < 1.29 is 4.74 Å². The molecule has 1 heterocycles. The molecule has 0 aliphatic heterocycles. The van der Waals surface area contributed by atoms with Crippen LogP contribution in [0.4, 0.5) is 0 Å². The van der Waals surface area contributed by atoms with Gasteiger partial charge in [-0.3, -0.25) is 4.79 Å². The molecule has 0 spiro atoms. The van der Waals surface area contributed by atoms with E-state index in [0.29, 0.717) is 39.5 Å². The normalized spacial score (nSPS) is 12.6. The summed E-state index contributed by atoms with van der Waals surface area (Å²) in [6.07, 6.45) is 5.05. The summed E-state index contributed by atoms with van der Waals surface area (Å²) in [7, 11) is 0. The van der Waals surface area contributed by atoms with Crippen molar-refractivity contribution in [3.8, 4) is 5.75 Å². The highest BCUT2D eigenvalue weighted by Gasteiger charge is 2.14. The minimum absolute atomic E-state index is 0.0205. The monoisotopic (exact) mass is 567 g/mol. The number of hydrogen-bond acceptors (Lipinski definition) is 4. The third kappa shape index (κ3) is 5.76. The molecule has 3 aromatic rings. The fourth-order valence-electron chi connectivity index (χ4n) is 3.02. The summed E-state index contributed by atoms with van der Waals surface area (Å²) in [6, 6.07) is 9.05. The molecular weight excluding hydrogens is 546 g/mol. The smallest absolute Gasteiger partial charge is 0.282 e. The van der Waals surface area contributed by atoms with Crippen LogP contribution in [0.25, 0.3) is 10.9 Å². The quantitative estimate of drug-likeness (QED) is 0.275. The van der Waals surface area contributed by atoms with Gasteiger partial charge in [-0.1, -0.05) is 47.8 Å². The molecule has 2 aromatic carbocycles. The molecule has 0 N–H and O–H groups in total. The van der Waals surface area contributed by atoms with E-state index in [2.05, 4.69) is 50.8 Å². The molecule has 1 aromatic heterocycles. The van der Waals surface area contributed by atoms with Gasteiger partial charge in [-0.05, 0) is 66.0 Å². The minimum atomic E-state index is -0.209. The Morgan fingerprint density at radius 2 is 2.03 bits per heavy atom. The van der Waals surface area contributed by atoms with E-state index in [1.807, 2.05) is 19.1 Å². The van der Waals surface area contributed by atoms with Gasteiger partial charge < -0.3 is 4.74 Å². The zero-order valence-electron chi connectivity index (χ0n) is 17.7. The fraction of sp³-hybridized carbons (Fsp3) is 0.348. The first-order chi connectivity index (χ1) is 14.8. The number of hydrogen-bond donors (Lipinski definition) is 0. The molecule has 0 amide bonds. The molecule has 3 rings (SSSR count). The van der Waals surface area contributed by atoms with E-state index in [1.54, 1.807) is 24.4 Å². The molecule has 0 aliphatic rings. The molecule has 5 nitrogen and oxygen atoms in total. The van der Waals surface area contributed by atoms with E-state index >= 15 is 0 Å². The SMILES string of the molecule is CCCCc1nc2ccc(Br)cc2c(=O)n1N=Cc1cc(Cl)cc(Br)c1O[C@H](C)CC. The van der Waals surface area contributed by atoms with Crippen LogP contribution in [-0.4, -0.2) is 22.0 Å². The minimum Gasteiger partial charge on any atom is -0.489 e. The van der Waals surface area contributed by atoms with Crippen molar-refractivity contribution in [3.63, 3.8) is 0 Å². The molecule has 0 radical (unpaired) electrons. The van der Waals surface area contributed by atoms with E-state index in [9.17, 15) is 4.79 Å². The molecule has 0 aliphatic carbocycles. The van der Waals surface area contributed by atoms with E-state index in [4.69, 9.17) is 21.3 Å². The van der Waals surface area contributed by atoms with Crippen LogP contribution >= 0.6 is 43.5 Å². The molecule has 1 atom stereocenters. The van der Waals surface area contributed by atoms with Gasteiger partial charge in [-0.25, -0.2) is 4.98 Å².